The first-order valence-corrected chi connectivity index (χ1v) is 19.2. The fraction of sp³-hybridized carbons (Fsp3) is 0. The summed E-state index contributed by atoms with van der Waals surface area (Å²) in [5.74, 6) is 0.880. The number of hydrogen-bond acceptors (Lipinski definition) is 5. The minimum atomic E-state index is 0.880. The standard InChI is InChI=1S/C44H21N3S3/c1-3-15-31-23(9-1)26-13-6-14-28(42(26)49-31)40-43(46-44-41(45-40)27-10-2-4-16-32(27)50-44)47-29-19-18-22-8-5-11-24-25-12-7-17-33-36(25)39-34(48-33)21-20-30(47)38(39)37(29)35(22)24/h1-21H. The molecule has 0 amide bonds. The molecule has 0 radical (unpaired) electrons. The summed E-state index contributed by atoms with van der Waals surface area (Å²) >= 11 is 5.47. The summed E-state index contributed by atoms with van der Waals surface area (Å²) in [6.45, 7) is 0. The highest BCUT2D eigenvalue weighted by Crippen LogP contribution is 2.53. The minimum absolute atomic E-state index is 0.880. The van der Waals surface area contributed by atoms with Crippen LogP contribution in [-0.2, 0) is 0 Å². The quantitative estimate of drug-likeness (QED) is 0.181. The summed E-state index contributed by atoms with van der Waals surface area (Å²) in [5, 5.41) is 11.6. The van der Waals surface area contributed by atoms with Crippen molar-refractivity contribution in [3.63, 3.8) is 0 Å². The topological polar surface area (TPSA) is 30.7 Å². The first-order chi connectivity index (χ1) is 24.8. The molecule has 0 saturated heterocycles. The van der Waals surface area contributed by atoms with E-state index in [2.05, 4.69) is 132 Å². The van der Waals surface area contributed by atoms with Gasteiger partial charge in [0, 0.05) is 66.8 Å². The van der Waals surface area contributed by atoms with Crippen molar-refractivity contribution in [1.82, 2.24) is 14.5 Å². The molecule has 0 N–H and O–H groups in total. The number of aromatic nitrogens is 3. The van der Waals surface area contributed by atoms with Crippen molar-refractivity contribution in [2.45, 2.75) is 0 Å². The maximum atomic E-state index is 5.64. The molecule has 0 unspecified atom stereocenters. The molecule has 13 rings (SSSR count). The smallest absolute Gasteiger partial charge is 0.166 e. The van der Waals surface area contributed by atoms with E-state index in [4.69, 9.17) is 9.97 Å². The summed E-state index contributed by atoms with van der Waals surface area (Å²) in [7, 11) is 0. The lowest BCUT2D eigenvalue weighted by Crippen LogP contribution is -2.03. The molecule has 0 atom stereocenters. The van der Waals surface area contributed by atoms with Crippen LogP contribution in [0.4, 0.5) is 0 Å². The Kier molecular flexibility index (Phi) is 4.78. The second-order valence-corrected chi connectivity index (χ2v) is 16.4. The van der Waals surface area contributed by atoms with Crippen LogP contribution in [0.2, 0.25) is 0 Å². The average Bonchev–Trinajstić information content (AvgIpc) is 3.90. The molecule has 12 aromatic rings. The Morgan fingerprint density at radius 1 is 0.420 bits per heavy atom. The van der Waals surface area contributed by atoms with Crippen molar-refractivity contribution in [3.05, 3.63) is 127 Å². The number of fused-ring (bicyclic) bond motifs is 7. The highest BCUT2D eigenvalue weighted by atomic mass is 32.1. The third-order valence-corrected chi connectivity index (χ3v) is 14.1. The Morgan fingerprint density at radius 2 is 1.08 bits per heavy atom. The molecule has 0 bridgehead atoms. The van der Waals surface area contributed by atoms with E-state index in [1.807, 2.05) is 22.7 Å². The van der Waals surface area contributed by atoms with Gasteiger partial charge in [0.2, 0.25) is 0 Å². The summed E-state index contributed by atoms with van der Waals surface area (Å²) < 4.78 is 8.82. The van der Waals surface area contributed by atoms with Crippen LogP contribution in [0.15, 0.2) is 127 Å². The molecule has 0 saturated carbocycles. The van der Waals surface area contributed by atoms with Gasteiger partial charge in [-0.3, -0.25) is 4.57 Å². The third-order valence-electron chi connectivity index (χ3n) is 10.8. The van der Waals surface area contributed by atoms with Crippen LogP contribution >= 0.6 is 34.0 Å². The van der Waals surface area contributed by atoms with Gasteiger partial charge in [-0.15, -0.1) is 34.0 Å². The molecule has 3 nitrogen and oxygen atoms in total. The SMILES string of the molecule is c1cc2c3c(c1)ccc1c3c3c4c(ccc3n1-c1nc3sc5ccccc5c3nc1-c1cccc3c1sc1ccccc13)sc1cccc-2c14. The first kappa shape index (κ1) is 26.2. The molecule has 5 heterocycles. The lowest BCUT2D eigenvalue weighted by molar-refractivity contribution is 1.09. The predicted octanol–water partition coefficient (Wildman–Crippen LogP) is 13.5. The van der Waals surface area contributed by atoms with E-state index in [-0.39, 0.29) is 0 Å². The largest absolute Gasteiger partial charge is 0.292 e. The van der Waals surface area contributed by atoms with E-state index in [0.717, 1.165) is 32.8 Å². The van der Waals surface area contributed by atoms with Crippen molar-refractivity contribution in [1.29, 1.82) is 0 Å². The highest BCUT2D eigenvalue weighted by Gasteiger charge is 2.28. The second kappa shape index (κ2) is 9.11. The van der Waals surface area contributed by atoms with Gasteiger partial charge in [-0.2, -0.15) is 0 Å². The molecule has 7 aromatic carbocycles. The van der Waals surface area contributed by atoms with Crippen LogP contribution < -0.4 is 0 Å². The van der Waals surface area contributed by atoms with Crippen molar-refractivity contribution in [3.8, 4) is 28.2 Å². The van der Waals surface area contributed by atoms with Gasteiger partial charge >= 0.3 is 0 Å². The van der Waals surface area contributed by atoms with Crippen molar-refractivity contribution in [2.75, 3.05) is 0 Å². The second-order valence-electron chi connectivity index (χ2n) is 13.2. The van der Waals surface area contributed by atoms with Gasteiger partial charge < -0.3 is 0 Å². The van der Waals surface area contributed by atoms with Crippen LogP contribution in [-0.4, -0.2) is 14.5 Å². The number of benzene rings is 7. The zero-order chi connectivity index (χ0) is 32.2. The molecule has 5 aromatic heterocycles. The summed E-state index contributed by atoms with van der Waals surface area (Å²) in [6, 6.07) is 46.8. The predicted molar refractivity (Wildman–Crippen MR) is 217 cm³/mol. The van der Waals surface area contributed by atoms with E-state index >= 15 is 0 Å². The lowest BCUT2D eigenvalue weighted by atomic mass is 9.95. The molecule has 0 aliphatic heterocycles. The van der Waals surface area contributed by atoms with E-state index in [0.29, 0.717) is 0 Å². The Morgan fingerprint density at radius 3 is 1.98 bits per heavy atom. The van der Waals surface area contributed by atoms with Gasteiger partial charge in [0.1, 0.15) is 16.0 Å². The fourth-order valence-corrected chi connectivity index (χ4v) is 12.1. The number of hydrogen-bond donors (Lipinski definition) is 0. The molecule has 0 fully saturated rings. The molecule has 230 valence electrons. The Balaban J connectivity index is 1.27. The maximum absolute atomic E-state index is 5.64. The van der Waals surface area contributed by atoms with Gasteiger partial charge in [-0.25, -0.2) is 9.97 Å². The fourth-order valence-electron chi connectivity index (χ4n) is 8.74. The highest BCUT2D eigenvalue weighted by molar-refractivity contribution is 7.27. The molecule has 1 aliphatic carbocycles. The van der Waals surface area contributed by atoms with Crippen molar-refractivity contribution in [2.24, 2.45) is 0 Å². The number of nitrogens with zero attached hydrogens (tertiary/aromatic N) is 3. The lowest BCUT2D eigenvalue weighted by Gasteiger charge is -2.14. The number of rotatable bonds is 2. The zero-order valence-electron chi connectivity index (χ0n) is 26.2. The summed E-state index contributed by atoms with van der Waals surface area (Å²) in [5.41, 5.74) is 7.97. The van der Waals surface area contributed by atoms with Crippen LogP contribution in [0.5, 0.6) is 0 Å². The first-order valence-electron chi connectivity index (χ1n) is 16.7. The molecule has 50 heavy (non-hydrogen) atoms. The van der Waals surface area contributed by atoms with Gasteiger partial charge in [-0.1, -0.05) is 91.0 Å². The average molecular weight is 688 g/mol. The normalized spacial score (nSPS) is 12.8. The monoisotopic (exact) mass is 687 g/mol. The molecular weight excluding hydrogens is 667 g/mol. The molecule has 0 spiro atoms. The summed E-state index contributed by atoms with van der Waals surface area (Å²) in [4.78, 5) is 12.2. The van der Waals surface area contributed by atoms with Crippen LogP contribution in [0.3, 0.4) is 0 Å². The maximum Gasteiger partial charge on any atom is 0.166 e. The van der Waals surface area contributed by atoms with Crippen LogP contribution in [0, 0.1) is 0 Å². The van der Waals surface area contributed by atoms with Crippen molar-refractivity contribution >= 4 is 127 Å². The molecular formula is C44H21N3S3. The summed E-state index contributed by atoms with van der Waals surface area (Å²) in [6.07, 6.45) is 0. The van der Waals surface area contributed by atoms with Gasteiger partial charge in [-0.05, 0) is 58.3 Å². The van der Waals surface area contributed by atoms with Crippen LogP contribution in [0.25, 0.3) is 122 Å². The Hall–Kier alpha value is -5.66. The van der Waals surface area contributed by atoms with Crippen molar-refractivity contribution < 1.29 is 0 Å². The number of thiophene rings is 3. The van der Waals surface area contributed by atoms with Gasteiger partial charge in [0.25, 0.3) is 0 Å². The van der Waals surface area contributed by atoms with E-state index < -0.39 is 0 Å². The van der Waals surface area contributed by atoms with Gasteiger partial charge in [0.15, 0.2) is 5.82 Å². The Labute approximate surface area is 295 Å². The zero-order valence-corrected chi connectivity index (χ0v) is 28.6. The van der Waals surface area contributed by atoms with Gasteiger partial charge in [0.05, 0.1) is 11.0 Å². The third kappa shape index (κ3) is 3.12. The minimum Gasteiger partial charge on any atom is -0.292 e. The molecule has 1 aliphatic rings. The van der Waals surface area contributed by atoms with E-state index in [1.165, 1.54) is 88.7 Å². The Bertz CT molecular complexity index is 3500. The van der Waals surface area contributed by atoms with E-state index in [9.17, 15) is 0 Å². The van der Waals surface area contributed by atoms with E-state index in [1.54, 1.807) is 11.3 Å². The van der Waals surface area contributed by atoms with Crippen LogP contribution in [0.1, 0.15) is 0 Å². The molecule has 6 heteroatoms.